The van der Waals surface area contributed by atoms with Gasteiger partial charge in [0.2, 0.25) is 0 Å². The van der Waals surface area contributed by atoms with E-state index in [1.165, 1.54) is 12.8 Å². The number of rotatable bonds is 7. The highest BCUT2D eigenvalue weighted by molar-refractivity contribution is 5.92. The summed E-state index contributed by atoms with van der Waals surface area (Å²) >= 11 is 0. The van der Waals surface area contributed by atoms with Crippen LogP contribution in [0.3, 0.4) is 0 Å². The van der Waals surface area contributed by atoms with Crippen molar-refractivity contribution in [3.05, 3.63) is 47.3 Å². The quantitative estimate of drug-likeness (QED) is 0.837. The third-order valence-electron chi connectivity index (χ3n) is 4.12. The first-order chi connectivity index (χ1) is 12.1. The minimum Gasteiger partial charge on any atom is -0.491 e. The lowest BCUT2D eigenvalue weighted by Crippen LogP contribution is -2.23. The summed E-state index contributed by atoms with van der Waals surface area (Å²) in [5, 5.41) is 6.75. The van der Waals surface area contributed by atoms with Gasteiger partial charge >= 0.3 is 0 Å². The number of likely N-dealkylation sites (tertiary alicyclic amines) is 1. The lowest BCUT2D eigenvalue weighted by molar-refractivity contribution is 0.0941. The summed E-state index contributed by atoms with van der Waals surface area (Å²) < 4.78 is 10.9. The molecule has 25 heavy (non-hydrogen) atoms. The second kappa shape index (κ2) is 8.16. The van der Waals surface area contributed by atoms with Crippen LogP contribution in [0.2, 0.25) is 0 Å². The number of hydrogen-bond donors (Lipinski definition) is 1. The molecule has 0 bridgehead atoms. The molecule has 0 saturated carbocycles. The largest absolute Gasteiger partial charge is 0.491 e. The van der Waals surface area contributed by atoms with Gasteiger partial charge in [0.05, 0.1) is 12.6 Å². The Morgan fingerprint density at radius 2 is 2.00 bits per heavy atom. The summed E-state index contributed by atoms with van der Waals surface area (Å²) in [4.78, 5) is 14.5. The first-order valence-corrected chi connectivity index (χ1v) is 8.82. The van der Waals surface area contributed by atoms with Crippen LogP contribution in [-0.2, 0) is 13.1 Å². The Kier molecular flexibility index (Phi) is 5.71. The van der Waals surface area contributed by atoms with Gasteiger partial charge in [-0.25, -0.2) is 0 Å². The minimum absolute atomic E-state index is 0.146. The van der Waals surface area contributed by atoms with Crippen LogP contribution in [0.25, 0.3) is 0 Å². The fourth-order valence-corrected chi connectivity index (χ4v) is 2.89. The van der Waals surface area contributed by atoms with Crippen molar-refractivity contribution in [3.8, 4) is 5.75 Å². The topological polar surface area (TPSA) is 67.6 Å². The average Bonchev–Trinajstić information content (AvgIpc) is 3.26. The van der Waals surface area contributed by atoms with Crippen molar-refractivity contribution in [3.63, 3.8) is 0 Å². The molecular weight excluding hydrogens is 318 g/mol. The van der Waals surface area contributed by atoms with Gasteiger partial charge in [-0.2, -0.15) is 0 Å². The van der Waals surface area contributed by atoms with E-state index in [9.17, 15) is 4.79 Å². The number of carbonyl (C=O) groups is 1. The summed E-state index contributed by atoms with van der Waals surface area (Å²) in [7, 11) is 0. The molecule has 6 nitrogen and oxygen atoms in total. The molecule has 0 radical (unpaired) electrons. The summed E-state index contributed by atoms with van der Waals surface area (Å²) in [5.41, 5.74) is 1.33. The van der Waals surface area contributed by atoms with Crippen LogP contribution in [0, 0.1) is 0 Å². The van der Waals surface area contributed by atoms with E-state index in [1.54, 1.807) is 6.07 Å². The predicted molar refractivity (Wildman–Crippen MR) is 94.4 cm³/mol. The Morgan fingerprint density at radius 3 is 2.68 bits per heavy atom. The van der Waals surface area contributed by atoms with Crippen molar-refractivity contribution in [1.29, 1.82) is 0 Å². The van der Waals surface area contributed by atoms with Crippen molar-refractivity contribution in [1.82, 2.24) is 15.4 Å². The summed E-state index contributed by atoms with van der Waals surface area (Å²) in [6.45, 7) is 7.30. The van der Waals surface area contributed by atoms with E-state index < -0.39 is 0 Å². The molecule has 1 aliphatic heterocycles. The van der Waals surface area contributed by atoms with E-state index in [0.717, 1.165) is 36.7 Å². The zero-order valence-electron chi connectivity index (χ0n) is 14.8. The van der Waals surface area contributed by atoms with Crippen molar-refractivity contribution in [2.75, 3.05) is 13.1 Å². The zero-order chi connectivity index (χ0) is 17.6. The molecule has 0 atom stereocenters. The van der Waals surface area contributed by atoms with Crippen LogP contribution in [0.5, 0.6) is 5.75 Å². The molecule has 1 fully saturated rings. The van der Waals surface area contributed by atoms with Gasteiger partial charge in [-0.1, -0.05) is 17.3 Å². The maximum Gasteiger partial charge on any atom is 0.273 e. The number of aromatic nitrogens is 1. The van der Waals surface area contributed by atoms with Gasteiger partial charge in [0.25, 0.3) is 5.91 Å². The van der Waals surface area contributed by atoms with Crippen LogP contribution in [0.1, 0.15) is 48.5 Å². The van der Waals surface area contributed by atoms with E-state index in [4.69, 9.17) is 9.26 Å². The molecule has 1 aliphatic rings. The molecule has 1 aromatic carbocycles. The Labute approximate surface area is 148 Å². The fraction of sp³-hybridized carbons (Fsp3) is 0.474. The monoisotopic (exact) mass is 343 g/mol. The lowest BCUT2D eigenvalue weighted by atomic mass is 10.2. The Bertz CT molecular complexity index is 688. The standard InChI is InChI=1S/C19H25N3O3/c1-14(2)24-16-7-5-15(6-8-16)12-20-19(23)18-11-17(25-21-18)13-22-9-3-4-10-22/h5-8,11,14H,3-4,9-10,12-13H2,1-2H3,(H,20,23). The summed E-state index contributed by atoms with van der Waals surface area (Å²) in [6, 6.07) is 9.43. The van der Waals surface area contributed by atoms with Gasteiger partial charge in [0.1, 0.15) is 5.75 Å². The molecular formula is C19H25N3O3. The van der Waals surface area contributed by atoms with E-state index in [1.807, 2.05) is 38.1 Å². The molecule has 0 aliphatic carbocycles. The third kappa shape index (κ3) is 5.06. The Balaban J connectivity index is 1.49. The van der Waals surface area contributed by atoms with E-state index in [2.05, 4.69) is 15.4 Å². The van der Waals surface area contributed by atoms with Gasteiger partial charge in [-0.05, 0) is 57.5 Å². The molecule has 134 valence electrons. The van der Waals surface area contributed by atoms with E-state index in [0.29, 0.717) is 12.2 Å². The Hall–Kier alpha value is -2.34. The molecule has 6 heteroatoms. The van der Waals surface area contributed by atoms with Crippen LogP contribution >= 0.6 is 0 Å². The number of amides is 1. The third-order valence-corrected chi connectivity index (χ3v) is 4.12. The van der Waals surface area contributed by atoms with Crippen LogP contribution < -0.4 is 10.1 Å². The highest BCUT2D eigenvalue weighted by Gasteiger charge is 2.17. The maximum absolute atomic E-state index is 12.2. The van der Waals surface area contributed by atoms with E-state index in [-0.39, 0.29) is 12.0 Å². The normalized spacial score (nSPS) is 14.8. The highest BCUT2D eigenvalue weighted by atomic mass is 16.5. The molecule has 1 amide bonds. The Morgan fingerprint density at radius 1 is 1.28 bits per heavy atom. The molecule has 1 N–H and O–H groups in total. The number of nitrogens with one attached hydrogen (secondary N) is 1. The van der Waals surface area contributed by atoms with Crippen molar-refractivity contribution >= 4 is 5.91 Å². The van der Waals surface area contributed by atoms with E-state index >= 15 is 0 Å². The number of carbonyl (C=O) groups excluding carboxylic acids is 1. The smallest absolute Gasteiger partial charge is 0.273 e. The van der Waals surface area contributed by atoms with Crippen LogP contribution in [-0.4, -0.2) is 35.2 Å². The minimum atomic E-state index is -0.223. The van der Waals surface area contributed by atoms with Crippen LogP contribution in [0.15, 0.2) is 34.9 Å². The van der Waals surface area contributed by atoms with Gasteiger partial charge in [0, 0.05) is 12.6 Å². The summed E-state index contributed by atoms with van der Waals surface area (Å²) in [5.74, 6) is 1.34. The lowest BCUT2D eigenvalue weighted by Gasteiger charge is -2.10. The number of ether oxygens (including phenoxy) is 1. The van der Waals surface area contributed by atoms with Crippen molar-refractivity contribution in [2.24, 2.45) is 0 Å². The number of nitrogens with zero attached hydrogens (tertiary/aromatic N) is 2. The van der Waals surface area contributed by atoms with Crippen LogP contribution in [0.4, 0.5) is 0 Å². The molecule has 0 spiro atoms. The molecule has 3 rings (SSSR count). The average molecular weight is 343 g/mol. The second-order valence-electron chi connectivity index (χ2n) is 6.65. The SMILES string of the molecule is CC(C)Oc1ccc(CNC(=O)c2cc(CN3CCCC3)on2)cc1. The fourth-order valence-electron chi connectivity index (χ4n) is 2.89. The number of hydrogen-bond acceptors (Lipinski definition) is 5. The highest BCUT2D eigenvalue weighted by Crippen LogP contribution is 2.15. The van der Waals surface area contributed by atoms with Gasteiger partial charge < -0.3 is 14.6 Å². The molecule has 2 heterocycles. The van der Waals surface area contributed by atoms with Crippen molar-refractivity contribution in [2.45, 2.75) is 45.9 Å². The van der Waals surface area contributed by atoms with Gasteiger partial charge in [0.15, 0.2) is 11.5 Å². The summed E-state index contributed by atoms with van der Waals surface area (Å²) in [6.07, 6.45) is 2.60. The molecule has 1 aromatic heterocycles. The number of benzene rings is 1. The first kappa shape index (κ1) is 17.5. The predicted octanol–water partition coefficient (Wildman–Crippen LogP) is 2.99. The molecule has 2 aromatic rings. The van der Waals surface area contributed by atoms with Gasteiger partial charge in [-0.15, -0.1) is 0 Å². The van der Waals surface area contributed by atoms with Gasteiger partial charge in [-0.3, -0.25) is 9.69 Å². The first-order valence-electron chi connectivity index (χ1n) is 8.82. The second-order valence-corrected chi connectivity index (χ2v) is 6.65. The van der Waals surface area contributed by atoms with Crippen molar-refractivity contribution < 1.29 is 14.1 Å². The molecule has 0 unspecified atom stereocenters. The zero-order valence-corrected chi connectivity index (χ0v) is 14.8. The maximum atomic E-state index is 12.2. The molecule has 1 saturated heterocycles.